The average Bonchev–Trinajstić information content (AvgIpc) is 3.29. The number of hydrogen-bond donors (Lipinski definition) is 0. The van der Waals surface area contributed by atoms with Crippen molar-refractivity contribution in [1.82, 2.24) is 14.8 Å². The van der Waals surface area contributed by atoms with Crippen LogP contribution in [0.4, 0.5) is 5.69 Å². The average molecular weight is 372 g/mol. The summed E-state index contributed by atoms with van der Waals surface area (Å²) in [6, 6.07) is 11.7. The molecule has 0 N–H and O–H groups in total. The van der Waals surface area contributed by atoms with Crippen molar-refractivity contribution in [2.45, 2.75) is 10.1 Å². The second kappa shape index (κ2) is 6.97. The molecule has 2 aromatic heterocycles. The Balaban J connectivity index is 1.47. The van der Waals surface area contributed by atoms with E-state index in [0.29, 0.717) is 22.5 Å². The van der Waals surface area contributed by atoms with E-state index in [1.165, 1.54) is 11.8 Å². The second-order valence-electron chi connectivity index (χ2n) is 5.49. The van der Waals surface area contributed by atoms with Crippen LogP contribution in [0.15, 0.2) is 57.1 Å². The monoisotopic (exact) mass is 372 g/mol. The van der Waals surface area contributed by atoms with Gasteiger partial charge in [0.2, 0.25) is 5.91 Å². The van der Waals surface area contributed by atoms with Crippen LogP contribution in [-0.4, -0.2) is 38.7 Å². The minimum Gasteiger partial charge on any atom is -0.461 e. The zero-order chi connectivity index (χ0) is 17.2. The Bertz CT molecular complexity index is 892. The van der Waals surface area contributed by atoms with E-state index in [1.807, 2.05) is 46.8 Å². The number of aromatic nitrogens is 3. The highest BCUT2D eigenvalue weighted by Gasteiger charge is 2.23. The molecule has 128 valence electrons. The van der Waals surface area contributed by atoms with Gasteiger partial charge in [-0.3, -0.25) is 4.79 Å². The van der Waals surface area contributed by atoms with Crippen LogP contribution in [0.2, 0.25) is 0 Å². The highest BCUT2D eigenvalue weighted by atomic mass is 32.2. The number of carbonyl (C=O) groups excluding carboxylic acids is 1. The Labute approximate surface area is 153 Å². The van der Waals surface area contributed by atoms with Gasteiger partial charge in [0, 0.05) is 24.2 Å². The number of benzene rings is 1. The minimum atomic E-state index is 0.0836. The van der Waals surface area contributed by atoms with Crippen LogP contribution in [0.5, 0.6) is 0 Å². The van der Waals surface area contributed by atoms with Crippen LogP contribution >= 0.6 is 23.5 Å². The normalized spacial score (nSPS) is 13.7. The zero-order valence-corrected chi connectivity index (χ0v) is 15.2. The van der Waals surface area contributed by atoms with Crippen molar-refractivity contribution in [3.63, 3.8) is 0 Å². The highest BCUT2D eigenvalue weighted by molar-refractivity contribution is 8.00. The van der Waals surface area contributed by atoms with Crippen molar-refractivity contribution in [2.24, 2.45) is 7.05 Å². The van der Waals surface area contributed by atoms with Crippen LogP contribution in [0.25, 0.3) is 11.6 Å². The number of hydrogen-bond acceptors (Lipinski definition) is 6. The van der Waals surface area contributed by atoms with E-state index in [0.717, 1.165) is 22.9 Å². The van der Waals surface area contributed by atoms with E-state index in [9.17, 15) is 4.79 Å². The van der Waals surface area contributed by atoms with Crippen molar-refractivity contribution < 1.29 is 9.21 Å². The molecule has 0 saturated carbocycles. The van der Waals surface area contributed by atoms with Gasteiger partial charge in [-0.05, 0) is 24.3 Å². The number of nitrogens with zero attached hydrogens (tertiary/aromatic N) is 4. The fourth-order valence-electron chi connectivity index (χ4n) is 2.69. The lowest BCUT2D eigenvalue weighted by Crippen LogP contribution is -2.36. The molecule has 1 aliphatic rings. The maximum atomic E-state index is 12.7. The summed E-state index contributed by atoms with van der Waals surface area (Å²) in [7, 11) is 1.87. The topological polar surface area (TPSA) is 64.2 Å². The summed E-state index contributed by atoms with van der Waals surface area (Å²) in [5.74, 6) is 2.64. The van der Waals surface area contributed by atoms with Gasteiger partial charge < -0.3 is 13.9 Å². The first-order valence-electron chi connectivity index (χ1n) is 7.82. The molecule has 25 heavy (non-hydrogen) atoms. The molecular formula is C17H16N4O2S2. The first-order chi connectivity index (χ1) is 12.2. The predicted molar refractivity (Wildman–Crippen MR) is 98.9 cm³/mol. The quantitative estimate of drug-likeness (QED) is 0.655. The van der Waals surface area contributed by atoms with E-state index >= 15 is 0 Å². The molecule has 3 heterocycles. The molecule has 4 rings (SSSR count). The summed E-state index contributed by atoms with van der Waals surface area (Å²) < 4.78 is 7.21. The van der Waals surface area contributed by atoms with Gasteiger partial charge in [0.25, 0.3) is 0 Å². The van der Waals surface area contributed by atoms with E-state index in [2.05, 4.69) is 16.3 Å². The smallest absolute Gasteiger partial charge is 0.237 e. The summed E-state index contributed by atoms with van der Waals surface area (Å²) in [4.78, 5) is 15.7. The van der Waals surface area contributed by atoms with Gasteiger partial charge >= 0.3 is 0 Å². The van der Waals surface area contributed by atoms with E-state index in [-0.39, 0.29) is 5.91 Å². The number of amides is 1. The molecule has 1 aliphatic heterocycles. The van der Waals surface area contributed by atoms with Gasteiger partial charge in [-0.15, -0.1) is 22.0 Å². The molecule has 0 bridgehead atoms. The molecule has 0 unspecified atom stereocenters. The number of anilines is 1. The molecule has 8 heteroatoms. The standard InChI is InChI=1S/C17H16N4O2S2/c1-20-16(13-6-4-9-23-13)18-19-17(20)25-11-15(22)21-8-10-24-14-7-3-2-5-12(14)21/h2-7,9H,8,10-11H2,1H3. The maximum absolute atomic E-state index is 12.7. The second-order valence-corrected chi connectivity index (χ2v) is 7.57. The fraction of sp³-hybridized carbons (Fsp3) is 0.235. The van der Waals surface area contributed by atoms with Crippen LogP contribution in [0.3, 0.4) is 0 Å². The van der Waals surface area contributed by atoms with E-state index in [4.69, 9.17) is 4.42 Å². The minimum absolute atomic E-state index is 0.0836. The van der Waals surface area contributed by atoms with Crippen molar-refractivity contribution in [3.05, 3.63) is 42.7 Å². The molecular weight excluding hydrogens is 356 g/mol. The number of para-hydroxylation sites is 1. The first-order valence-corrected chi connectivity index (χ1v) is 9.79. The number of furan rings is 1. The Morgan fingerprint density at radius 3 is 3.00 bits per heavy atom. The van der Waals surface area contributed by atoms with E-state index < -0.39 is 0 Å². The molecule has 0 atom stereocenters. The number of carbonyl (C=O) groups is 1. The summed E-state index contributed by atoms with van der Waals surface area (Å²) in [5.41, 5.74) is 0.999. The molecule has 3 aromatic rings. The molecule has 0 radical (unpaired) electrons. The van der Waals surface area contributed by atoms with Gasteiger partial charge in [0.1, 0.15) is 0 Å². The maximum Gasteiger partial charge on any atom is 0.237 e. The van der Waals surface area contributed by atoms with Crippen molar-refractivity contribution in [2.75, 3.05) is 23.0 Å². The lowest BCUT2D eigenvalue weighted by atomic mass is 10.3. The number of rotatable bonds is 4. The van der Waals surface area contributed by atoms with Crippen molar-refractivity contribution in [1.29, 1.82) is 0 Å². The third kappa shape index (κ3) is 3.19. The van der Waals surface area contributed by atoms with Crippen LogP contribution < -0.4 is 4.90 Å². The Morgan fingerprint density at radius 1 is 1.28 bits per heavy atom. The third-order valence-corrected chi connectivity index (χ3v) is 5.98. The number of thioether (sulfide) groups is 2. The van der Waals surface area contributed by atoms with Gasteiger partial charge in [-0.25, -0.2) is 0 Å². The molecule has 1 aromatic carbocycles. The molecule has 0 aliphatic carbocycles. The Kier molecular flexibility index (Phi) is 4.54. The summed E-state index contributed by atoms with van der Waals surface area (Å²) in [6.07, 6.45) is 1.60. The molecule has 0 spiro atoms. The summed E-state index contributed by atoms with van der Waals surface area (Å²) >= 11 is 3.18. The van der Waals surface area contributed by atoms with Crippen LogP contribution in [0.1, 0.15) is 0 Å². The lowest BCUT2D eigenvalue weighted by molar-refractivity contribution is -0.116. The predicted octanol–water partition coefficient (Wildman–Crippen LogP) is 3.31. The molecule has 0 fully saturated rings. The highest BCUT2D eigenvalue weighted by Crippen LogP contribution is 2.35. The van der Waals surface area contributed by atoms with E-state index in [1.54, 1.807) is 18.0 Å². The van der Waals surface area contributed by atoms with Crippen LogP contribution in [-0.2, 0) is 11.8 Å². The van der Waals surface area contributed by atoms with Gasteiger partial charge in [0.15, 0.2) is 16.7 Å². The van der Waals surface area contributed by atoms with Crippen LogP contribution in [0, 0.1) is 0 Å². The molecule has 0 saturated heterocycles. The molecule has 6 nitrogen and oxygen atoms in total. The Hall–Kier alpha value is -2.19. The SMILES string of the molecule is Cn1c(SCC(=O)N2CCSc3ccccc32)nnc1-c1ccco1. The first kappa shape index (κ1) is 16.3. The molecule has 1 amide bonds. The van der Waals surface area contributed by atoms with Crippen molar-refractivity contribution in [3.8, 4) is 11.6 Å². The third-order valence-electron chi connectivity index (χ3n) is 3.93. The van der Waals surface area contributed by atoms with Gasteiger partial charge in [-0.2, -0.15) is 0 Å². The summed E-state index contributed by atoms with van der Waals surface area (Å²) in [6.45, 7) is 0.734. The Morgan fingerprint density at radius 2 is 2.16 bits per heavy atom. The number of fused-ring (bicyclic) bond motifs is 1. The van der Waals surface area contributed by atoms with Crippen molar-refractivity contribution >= 4 is 35.1 Å². The van der Waals surface area contributed by atoms with Gasteiger partial charge in [-0.1, -0.05) is 23.9 Å². The lowest BCUT2D eigenvalue weighted by Gasteiger charge is -2.28. The zero-order valence-electron chi connectivity index (χ0n) is 13.6. The fourth-order valence-corrected chi connectivity index (χ4v) is 4.48. The largest absolute Gasteiger partial charge is 0.461 e. The van der Waals surface area contributed by atoms with Gasteiger partial charge in [0.05, 0.1) is 17.7 Å². The summed E-state index contributed by atoms with van der Waals surface area (Å²) in [5, 5.41) is 9.02.